The molecule has 3 N–H and O–H groups in total. The summed E-state index contributed by atoms with van der Waals surface area (Å²) in [6.07, 6.45) is 4.50. The molecule has 1 unspecified atom stereocenters. The zero-order valence-electron chi connectivity index (χ0n) is 9.44. The van der Waals surface area contributed by atoms with Gasteiger partial charge in [-0.25, -0.2) is 4.98 Å². The van der Waals surface area contributed by atoms with E-state index in [0.29, 0.717) is 11.6 Å². The molecule has 2 aromatic heterocycles. The van der Waals surface area contributed by atoms with Crippen LogP contribution in [0.4, 0.5) is 0 Å². The maximum Gasteiger partial charge on any atom is 0.181 e. The summed E-state index contributed by atoms with van der Waals surface area (Å²) in [7, 11) is 0. The molecule has 0 fully saturated rings. The van der Waals surface area contributed by atoms with E-state index in [4.69, 9.17) is 5.73 Å². The van der Waals surface area contributed by atoms with Gasteiger partial charge in [0.2, 0.25) is 0 Å². The van der Waals surface area contributed by atoms with E-state index < -0.39 is 0 Å². The van der Waals surface area contributed by atoms with E-state index in [1.807, 2.05) is 19.2 Å². The lowest BCUT2D eigenvalue weighted by Crippen LogP contribution is -2.06. The van der Waals surface area contributed by atoms with Crippen molar-refractivity contribution in [3.8, 4) is 11.4 Å². The summed E-state index contributed by atoms with van der Waals surface area (Å²) in [5, 5.41) is 7.02. The predicted molar refractivity (Wildman–Crippen MR) is 61.6 cm³/mol. The molecule has 16 heavy (non-hydrogen) atoms. The lowest BCUT2D eigenvalue weighted by atomic mass is 10.1. The second-order valence-corrected chi connectivity index (χ2v) is 3.72. The SMILES string of the molecule is CCc1cnccc1-c1n[nH]c(C(C)N)n1. The van der Waals surface area contributed by atoms with Gasteiger partial charge in [0.25, 0.3) is 0 Å². The first-order valence-electron chi connectivity index (χ1n) is 5.33. The molecule has 0 radical (unpaired) electrons. The van der Waals surface area contributed by atoms with Crippen molar-refractivity contribution in [2.45, 2.75) is 26.3 Å². The lowest BCUT2D eigenvalue weighted by molar-refractivity contribution is 0.745. The molecule has 0 spiro atoms. The Morgan fingerprint density at radius 2 is 2.31 bits per heavy atom. The Morgan fingerprint density at radius 3 is 2.94 bits per heavy atom. The van der Waals surface area contributed by atoms with E-state index in [-0.39, 0.29) is 6.04 Å². The highest BCUT2D eigenvalue weighted by molar-refractivity contribution is 5.58. The van der Waals surface area contributed by atoms with Crippen molar-refractivity contribution in [1.29, 1.82) is 0 Å². The molecular weight excluding hydrogens is 202 g/mol. The minimum atomic E-state index is -0.131. The number of aryl methyl sites for hydroxylation is 1. The molecule has 2 aromatic rings. The highest BCUT2D eigenvalue weighted by Gasteiger charge is 2.11. The number of pyridine rings is 1. The van der Waals surface area contributed by atoms with Gasteiger partial charge in [-0.15, -0.1) is 0 Å². The molecule has 0 amide bonds. The Kier molecular flexibility index (Phi) is 2.96. The molecular formula is C11H15N5. The maximum atomic E-state index is 5.73. The van der Waals surface area contributed by atoms with Crippen LogP contribution in [0, 0.1) is 0 Å². The molecule has 0 saturated heterocycles. The van der Waals surface area contributed by atoms with E-state index in [1.165, 1.54) is 0 Å². The lowest BCUT2D eigenvalue weighted by Gasteiger charge is -2.02. The molecule has 0 aromatic carbocycles. The van der Waals surface area contributed by atoms with Crippen molar-refractivity contribution in [3.05, 3.63) is 29.8 Å². The summed E-state index contributed by atoms with van der Waals surface area (Å²) < 4.78 is 0. The van der Waals surface area contributed by atoms with Crippen LogP contribution in [0.15, 0.2) is 18.5 Å². The van der Waals surface area contributed by atoms with E-state index in [9.17, 15) is 0 Å². The van der Waals surface area contributed by atoms with Crippen LogP contribution in [0.3, 0.4) is 0 Å². The Hall–Kier alpha value is -1.75. The zero-order chi connectivity index (χ0) is 11.5. The number of hydrogen-bond acceptors (Lipinski definition) is 4. The third kappa shape index (κ3) is 1.94. The van der Waals surface area contributed by atoms with Crippen LogP contribution in [-0.2, 0) is 6.42 Å². The average Bonchev–Trinajstić information content (AvgIpc) is 2.78. The first-order chi connectivity index (χ1) is 7.72. The Bertz CT molecular complexity index is 475. The molecule has 0 saturated carbocycles. The number of rotatable bonds is 3. The van der Waals surface area contributed by atoms with Gasteiger partial charge in [0.1, 0.15) is 5.82 Å². The van der Waals surface area contributed by atoms with Gasteiger partial charge in [-0.1, -0.05) is 6.92 Å². The van der Waals surface area contributed by atoms with Crippen molar-refractivity contribution in [2.75, 3.05) is 0 Å². The molecule has 2 rings (SSSR count). The summed E-state index contributed by atoms with van der Waals surface area (Å²) in [5.74, 6) is 1.39. The van der Waals surface area contributed by atoms with Crippen molar-refractivity contribution < 1.29 is 0 Å². The molecule has 1 atom stereocenters. The van der Waals surface area contributed by atoms with Crippen molar-refractivity contribution in [1.82, 2.24) is 20.2 Å². The van der Waals surface area contributed by atoms with E-state index in [1.54, 1.807) is 6.20 Å². The van der Waals surface area contributed by atoms with Gasteiger partial charge in [-0.2, -0.15) is 5.10 Å². The summed E-state index contributed by atoms with van der Waals surface area (Å²) in [6.45, 7) is 3.96. The minimum absolute atomic E-state index is 0.131. The van der Waals surface area contributed by atoms with Crippen molar-refractivity contribution >= 4 is 0 Å². The zero-order valence-corrected chi connectivity index (χ0v) is 9.44. The summed E-state index contributed by atoms with van der Waals surface area (Å²) in [4.78, 5) is 8.46. The average molecular weight is 217 g/mol. The van der Waals surface area contributed by atoms with E-state index >= 15 is 0 Å². The van der Waals surface area contributed by atoms with Crippen LogP contribution in [-0.4, -0.2) is 20.2 Å². The Morgan fingerprint density at radius 1 is 1.50 bits per heavy atom. The largest absolute Gasteiger partial charge is 0.322 e. The monoisotopic (exact) mass is 217 g/mol. The van der Waals surface area contributed by atoms with Gasteiger partial charge in [-0.3, -0.25) is 10.1 Å². The van der Waals surface area contributed by atoms with E-state index in [0.717, 1.165) is 17.5 Å². The van der Waals surface area contributed by atoms with Gasteiger partial charge in [0.05, 0.1) is 6.04 Å². The number of nitrogens with zero attached hydrogens (tertiary/aromatic N) is 3. The van der Waals surface area contributed by atoms with Crippen molar-refractivity contribution in [3.63, 3.8) is 0 Å². The van der Waals surface area contributed by atoms with Crippen LogP contribution < -0.4 is 5.73 Å². The molecule has 0 aliphatic carbocycles. The number of nitrogens with one attached hydrogen (secondary N) is 1. The van der Waals surface area contributed by atoms with Crippen LogP contribution >= 0.6 is 0 Å². The Balaban J connectivity index is 2.42. The van der Waals surface area contributed by atoms with Crippen LogP contribution in [0.5, 0.6) is 0 Å². The highest BCUT2D eigenvalue weighted by atomic mass is 15.2. The smallest absolute Gasteiger partial charge is 0.181 e. The fraction of sp³-hybridized carbons (Fsp3) is 0.364. The minimum Gasteiger partial charge on any atom is -0.322 e. The number of aromatic nitrogens is 4. The first kappa shape index (κ1) is 10.8. The number of aromatic amines is 1. The number of nitrogens with two attached hydrogens (primary N) is 1. The fourth-order valence-electron chi connectivity index (χ4n) is 1.53. The number of hydrogen-bond donors (Lipinski definition) is 2. The topological polar surface area (TPSA) is 80.5 Å². The van der Waals surface area contributed by atoms with E-state index in [2.05, 4.69) is 27.1 Å². The summed E-state index contributed by atoms with van der Waals surface area (Å²) >= 11 is 0. The molecule has 5 nitrogen and oxygen atoms in total. The first-order valence-corrected chi connectivity index (χ1v) is 5.33. The van der Waals surface area contributed by atoms with Crippen LogP contribution in [0.25, 0.3) is 11.4 Å². The molecule has 0 aliphatic heterocycles. The molecule has 0 bridgehead atoms. The second-order valence-electron chi connectivity index (χ2n) is 3.72. The standard InChI is InChI=1S/C11H15N5/c1-3-8-6-13-5-4-9(8)11-14-10(7(2)12)15-16-11/h4-7H,3,12H2,1-2H3,(H,14,15,16). The maximum absolute atomic E-state index is 5.73. The van der Waals surface area contributed by atoms with Crippen LogP contribution in [0.1, 0.15) is 31.3 Å². The van der Waals surface area contributed by atoms with Crippen LogP contribution in [0.2, 0.25) is 0 Å². The summed E-state index contributed by atoms with van der Waals surface area (Å²) in [6, 6.07) is 1.79. The molecule has 84 valence electrons. The van der Waals surface area contributed by atoms with Gasteiger partial charge in [0, 0.05) is 18.0 Å². The molecule has 2 heterocycles. The third-order valence-electron chi connectivity index (χ3n) is 2.46. The molecule has 0 aliphatic rings. The number of H-pyrrole nitrogens is 1. The van der Waals surface area contributed by atoms with Gasteiger partial charge in [0.15, 0.2) is 5.82 Å². The fourth-order valence-corrected chi connectivity index (χ4v) is 1.53. The highest BCUT2D eigenvalue weighted by Crippen LogP contribution is 2.20. The second kappa shape index (κ2) is 4.40. The van der Waals surface area contributed by atoms with Gasteiger partial charge < -0.3 is 5.73 Å². The Labute approximate surface area is 94.1 Å². The van der Waals surface area contributed by atoms with Crippen molar-refractivity contribution in [2.24, 2.45) is 5.73 Å². The predicted octanol–water partition coefficient (Wildman–Crippen LogP) is 1.45. The van der Waals surface area contributed by atoms with Gasteiger partial charge in [-0.05, 0) is 25.0 Å². The quantitative estimate of drug-likeness (QED) is 0.815. The summed E-state index contributed by atoms with van der Waals surface area (Å²) in [5.41, 5.74) is 7.88. The third-order valence-corrected chi connectivity index (χ3v) is 2.46. The normalized spacial score (nSPS) is 12.7. The molecule has 5 heteroatoms. The van der Waals surface area contributed by atoms with Gasteiger partial charge >= 0.3 is 0 Å².